The van der Waals surface area contributed by atoms with Crippen LogP contribution in [0.25, 0.3) is 0 Å². The number of hydrogen-bond donors (Lipinski definition) is 2. The second-order valence-electron chi connectivity index (χ2n) is 3.30. The summed E-state index contributed by atoms with van der Waals surface area (Å²) in [5, 5.41) is 13.1. The number of aromatic amines is 1. The Balaban J connectivity index is 1.97. The summed E-state index contributed by atoms with van der Waals surface area (Å²) in [6.45, 7) is 0.397. The van der Waals surface area contributed by atoms with E-state index < -0.39 is 4.92 Å². The third-order valence-corrected chi connectivity index (χ3v) is 3.15. The molecule has 2 N–H and O–H groups in total. The molecule has 0 aliphatic rings. The summed E-state index contributed by atoms with van der Waals surface area (Å²) in [4.78, 5) is 24.8. The molecule has 0 aliphatic carbocycles. The van der Waals surface area contributed by atoms with Crippen LogP contribution in [0.1, 0.15) is 15.2 Å². The van der Waals surface area contributed by atoms with Gasteiger partial charge in [-0.3, -0.25) is 14.9 Å². The van der Waals surface area contributed by atoms with E-state index in [1.54, 1.807) is 12.4 Å². The molecule has 0 fully saturated rings. The molecule has 1 amide bonds. The maximum Gasteiger partial charge on any atom is 0.324 e. The first-order chi connectivity index (χ1) is 8.16. The largest absolute Gasteiger partial charge is 0.367 e. The number of amides is 1. The lowest BCUT2D eigenvalue weighted by atomic mass is 10.3. The monoisotopic (exact) mass is 251 g/mol. The quantitative estimate of drug-likeness (QED) is 0.642. The molecular weight excluding hydrogens is 242 g/mol. The Morgan fingerprint density at radius 2 is 2.29 bits per heavy atom. The minimum Gasteiger partial charge on any atom is -0.367 e. The molecule has 2 rings (SSSR count). The Morgan fingerprint density at radius 3 is 2.88 bits per heavy atom. The van der Waals surface area contributed by atoms with Gasteiger partial charge >= 0.3 is 5.00 Å². The summed E-state index contributed by atoms with van der Waals surface area (Å²) in [5.74, 6) is -0.302. The molecule has 6 nitrogen and oxygen atoms in total. The van der Waals surface area contributed by atoms with Crippen molar-refractivity contribution in [3.63, 3.8) is 0 Å². The lowest BCUT2D eigenvalue weighted by molar-refractivity contribution is -0.380. The molecule has 0 bridgehead atoms. The van der Waals surface area contributed by atoms with Gasteiger partial charge in [-0.25, -0.2) is 0 Å². The summed E-state index contributed by atoms with van der Waals surface area (Å²) in [6, 6.07) is 4.63. The first-order valence-electron chi connectivity index (χ1n) is 4.81. The molecule has 0 saturated carbocycles. The SMILES string of the molecule is O=C(NCc1cc[nH]c1)c1ccc([N+](=O)[O-])s1. The van der Waals surface area contributed by atoms with Crippen molar-refractivity contribution in [2.24, 2.45) is 0 Å². The van der Waals surface area contributed by atoms with Gasteiger partial charge in [0, 0.05) is 25.0 Å². The van der Waals surface area contributed by atoms with Gasteiger partial charge in [-0.15, -0.1) is 0 Å². The minimum atomic E-state index is -0.506. The van der Waals surface area contributed by atoms with Crippen molar-refractivity contribution in [2.45, 2.75) is 6.54 Å². The summed E-state index contributed by atoms with van der Waals surface area (Å²) < 4.78 is 0. The van der Waals surface area contributed by atoms with Crippen LogP contribution in [0.4, 0.5) is 5.00 Å². The molecule has 0 unspecified atom stereocenters. The average molecular weight is 251 g/mol. The third kappa shape index (κ3) is 2.70. The highest BCUT2D eigenvalue weighted by Gasteiger charge is 2.14. The van der Waals surface area contributed by atoms with Crippen LogP contribution in [0.2, 0.25) is 0 Å². The molecule has 2 aromatic heterocycles. The number of hydrogen-bond acceptors (Lipinski definition) is 4. The average Bonchev–Trinajstić information content (AvgIpc) is 2.96. The number of carbonyl (C=O) groups excluding carboxylic acids is 1. The molecule has 0 aromatic carbocycles. The molecule has 0 spiro atoms. The zero-order valence-corrected chi connectivity index (χ0v) is 9.49. The van der Waals surface area contributed by atoms with Crippen LogP contribution in [0, 0.1) is 10.1 Å². The predicted octanol–water partition coefficient (Wildman–Crippen LogP) is 1.91. The molecule has 0 atom stereocenters. The van der Waals surface area contributed by atoms with E-state index in [0.717, 1.165) is 16.9 Å². The summed E-state index contributed by atoms with van der Waals surface area (Å²) in [5.41, 5.74) is 0.949. The van der Waals surface area contributed by atoms with Crippen LogP contribution in [-0.2, 0) is 6.54 Å². The van der Waals surface area contributed by atoms with Crippen molar-refractivity contribution in [2.75, 3.05) is 0 Å². The lowest BCUT2D eigenvalue weighted by Gasteiger charge is -2.00. The number of nitrogens with one attached hydrogen (secondary N) is 2. The number of aromatic nitrogens is 1. The van der Waals surface area contributed by atoms with E-state index in [4.69, 9.17) is 0 Å². The number of rotatable bonds is 4. The molecule has 0 radical (unpaired) electrons. The Kier molecular flexibility index (Phi) is 3.20. The smallest absolute Gasteiger partial charge is 0.324 e. The summed E-state index contributed by atoms with van der Waals surface area (Å²) >= 11 is 0.867. The van der Waals surface area contributed by atoms with Crippen molar-refractivity contribution in [1.82, 2.24) is 10.3 Å². The Bertz CT molecular complexity index is 533. The Labute approximate surface area is 100 Å². The maximum atomic E-state index is 11.6. The molecule has 17 heavy (non-hydrogen) atoms. The van der Waals surface area contributed by atoms with Crippen molar-refractivity contribution in [3.05, 3.63) is 51.1 Å². The predicted molar refractivity (Wildman–Crippen MR) is 62.9 cm³/mol. The van der Waals surface area contributed by atoms with Crippen LogP contribution in [-0.4, -0.2) is 15.8 Å². The highest BCUT2D eigenvalue weighted by atomic mass is 32.1. The van der Waals surface area contributed by atoms with Crippen LogP contribution >= 0.6 is 11.3 Å². The molecule has 0 saturated heterocycles. The fourth-order valence-corrected chi connectivity index (χ4v) is 2.02. The van der Waals surface area contributed by atoms with Crippen molar-refractivity contribution in [3.8, 4) is 0 Å². The van der Waals surface area contributed by atoms with Gasteiger partial charge in [-0.2, -0.15) is 0 Å². The normalized spacial score (nSPS) is 10.1. The molecule has 88 valence electrons. The number of thiophene rings is 1. The van der Waals surface area contributed by atoms with Crippen molar-refractivity contribution < 1.29 is 9.72 Å². The van der Waals surface area contributed by atoms with Gasteiger partial charge in [-0.1, -0.05) is 11.3 Å². The Hall–Kier alpha value is -2.15. The minimum absolute atomic E-state index is 0.0307. The highest BCUT2D eigenvalue weighted by Crippen LogP contribution is 2.23. The molecule has 2 aromatic rings. The van der Waals surface area contributed by atoms with Crippen LogP contribution in [0.15, 0.2) is 30.6 Å². The first-order valence-corrected chi connectivity index (χ1v) is 5.62. The zero-order chi connectivity index (χ0) is 12.3. The Morgan fingerprint density at radius 1 is 1.47 bits per heavy atom. The van der Waals surface area contributed by atoms with Crippen molar-refractivity contribution in [1.29, 1.82) is 0 Å². The van der Waals surface area contributed by atoms with Crippen LogP contribution in [0.3, 0.4) is 0 Å². The topological polar surface area (TPSA) is 88.0 Å². The van der Waals surface area contributed by atoms with E-state index in [9.17, 15) is 14.9 Å². The van der Waals surface area contributed by atoms with Crippen molar-refractivity contribution >= 4 is 22.2 Å². The van der Waals surface area contributed by atoms with E-state index in [1.165, 1.54) is 12.1 Å². The third-order valence-electron chi connectivity index (χ3n) is 2.11. The van der Waals surface area contributed by atoms with Gasteiger partial charge in [0.2, 0.25) is 0 Å². The van der Waals surface area contributed by atoms with Crippen LogP contribution < -0.4 is 5.32 Å². The van der Waals surface area contributed by atoms with Gasteiger partial charge in [-0.05, 0) is 17.7 Å². The summed E-state index contributed by atoms with van der Waals surface area (Å²) in [6.07, 6.45) is 3.54. The summed E-state index contributed by atoms with van der Waals surface area (Å²) in [7, 11) is 0. The second kappa shape index (κ2) is 4.79. The van der Waals surface area contributed by atoms with E-state index in [1.807, 2.05) is 6.07 Å². The second-order valence-corrected chi connectivity index (χ2v) is 4.36. The van der Waals surface area contributed by atoms with Gasteiger partial charge < -0.3 is 10.3 Å². The maximum absolute atomic E-state index is 11.6. The van der Waals surface area contributed by atoms with E-state index in [0.29, 0.717) is 11.4 Å². The number of H-pyrrole nitrogens is 1. The zero-order valence-electron chi connectivity index (χ0n) is 8.67. The number of nitro groups is 1. The fourth-order valence-electron chi connectivity index (χ4n) is 1.29. The standard InChI is InChI=1S/C10H9N3O3S/c14-10(12-6-7-3-4-11-5-7)8-1-2-9(17-8)13(15)16/h1-5,11H,6H2,(H,12,14). The van der Waals surface area contributed by atoms with Gasteiger partial charge in [0.15, 0.2) is 0 Å². The first kappa shape index (κ1) is 11.3. The van der Waals surface area contributed by atoms with E-state index >= 15 is 0 Å². The lowest BCUT2D eigenvalue weighted by Crippen LogP contribution is -2.21. The van der Waals surface area contributed by atoms with Gasteiger partial charge in [0.05, 0.1) is 9.80 Å². The molecule has 0 aliphatic heterocycles. The van der Waals surface area contributed by atoms with E-state index in [-0.39, 0.29) is 10.9 Å². The van der Waals surface area contributed by atoms with Gasteiger partial charge in [0.1, 0.15) is 0 Å². The molecule has 2 heterocycles. The number of nitrogens with zero attached hydrogens (tertiary/aromatic N) is 1. The van der Waals surface area contributed by atoms with E-state index in [2.05, 4.69) is 10.3 Å². The number of carbonyl (C=O) groups is 1. The molecular formula is C10H9N3O3S. The van der Waals surface area contributed by atoms with Crippen LogP contribution in [0.5, 0.6) is 0 Å². The molecule has 7 heteroatoms. The fraction of sp³-hybridized carbons (Fsp3) is 0.100. The van der Waals surface area contributed by atoms with Gasteiger partial charge in [0.25, 0.3) is 5.91 Å². The highest BCUT2D eigenvalue weighted by molar-refractivity contribution is 7.17.